The highest BCUT2D eigenvalue weighted by Gasteiger charge is 2.22. The smallest absolute Gasteiger partial charge is 0.257 e. The van der Waals surface area contributed by atoms with Crippen molar-refractivity contribution in [2.75, 3.05) is 20.3 Å². The van der Waals surface area contributed by atoms with Gasteiger partial charge in [0.2, 0.25) is 0 Å². The maximum atomic E-state index is 14.1. The van der Waals surface area contributed by atoms with Gasteiger partial charge in [-0.2, -0.15) is 0 Å². The van der Waals surface area contributed by atoms with Crippen molar-refractivity contribution in [3.63, 3.8) is 0 Å². The zero-order valence-electron chi connectivity index (χ0n) is 12.4. The summed E-state index contributed by atoms with van der Waals surface area (Å²) in [5.41, 5.74) is 0.356. The number of pyridine rings is 1. The van der Waals surface area contributed by atoms with Crippen LogP contribution < -0.4 is 0 Å². The second-order valence-corrected chi connectivity index (χ2v) is 5.14. The zero-order valence-corrected chi connectivity index (χ0v) is 13.2. The van der Waals surface area contributed by atoms with Crippen molar-refractivity contribution < 1.29 is 18.3 Å². The molecule has 1 aromatic heterocycles. The molecule has 0 radical (unpaired) electrons. The van der Waals surface area contributed by atoms with E-state index in [1.807, 2.05) is 0 Å². The number of ether oxygens (including phenoxy) is 1. The molecule has 0 bridgehead atoms. The Labute approximate surface area is 137 Å². The molecule has 23 heavy (non-hydrogen) atoms. The standard InChI is InChI=1S/C16H15ClF2N2O2/c1-23-9-8-21(10-11-4-2-3-7-20-11)16(22)12-5-6-13(18)14(17)15(12)19/h2-7H,8-10H2,1H3. The van der Waals surface area contributed by atoms with Crippen LogP contribution in [0.2, 0.25) is 5.02 Å². The highest BCUT2D eigenvalue weighted by molar-refractivity contribution is 6.31. The average Bonchev–Trinajstić information content (AvgIpc) is 2.57. The van der Waals surface area contributed by atoms with Crippen LogP contribution in [-0.4, -0.2) is 36.1 Å². The van der Waals surface area contributed by atoms with Crippen molar-refractivity contribution in [2.24, 2.45) is 0 Å². The fraction of sp³-hybridized carbons (Fsp3) is 0.250. The van der Waals surface area contributed by atoms with E-state index in [-0.39, 0.29) is 25.3 Å². The van der Waals surface area contributed by atoms with Crippen molar-refractivity contribution in [1.29, 1.82) is 0 Å². The number of nitrogens with zero attached hydrogens (tertiary/aromatic N) is 2. The van der Waals surface area contributed by atoms with Crippen LogP contribution in [-0.2, 0) is 11.3 Å². The number of aromatic nitrogens is 1. The molecule has 0 aliphatic carbocycles. The molecular weight excluding hydrogens is 326 g/mol. The van der Waals surface area contributed by atoms with Crippen LogP contribution in [0, 0.1) is 11.6 Å². The van der Waals surface area contributed by atoms with Crippen LogP contribution in [0.5, 0.6) is 0 Å². The van der Waals surface area contributed by atoms with E-state index in [4.69, 9.17) is 16.3 Å². The Bertz CT molecular complexity index is 683. The molecule has 0 saturated heterocycles. The number of carbonyl (C=O) groups excluding carboxylic acids is 1. The largest absolute Gasteiger partial charge is 0.383 e. The summed E-state index contributed by atoms with van der Waals surface area (Å²) < 4.78 is 32.3. The molecular formula is C16H15ClF2N2O2. The van der Waals surface area contributed by atoms with Gasteiger partial charge in [-0.25, -0.2) is 8.78 Å². The quantitative estimate of drug-likeness (QED) is 0.758. The number of benzene rings is 1. The molecule has 1 amide bonds. The number of hydrogen-bond donors (Lipinski definition) is 0. The second-order valence-electron chi connectivity index (χ2n) is 4.76. The molecule has 7 heteroatoms. The van der Waals surface area contributed by atoms with Crippen LogP contribution in [0.3, 0.4) is 0 Å². The van der Waals surface area contributed by atoms with Crippen molar-refractivity contribution in [3.8, 4) is 0 Å². The van der Waals surface area contributed by atoms with Crippen LogP contribution in [0.15, 0.2) is 36.5 Å². The van der Waals surface area contributed by atoms with Gasteiger partial charge in [0.15, 0.2) is 5.82 Å². The van der Waals surface area contributed by atoms with Gasteiger partial charge in [-0.05, 0) is 24.3 Å². The fourth-order valence-electron chi connectivity index (χ4n) is 2.00. The third kappa shape index (κ3) is 4.24. The number of carbonyl (C=O) groups is 1. The molecule has 122 valence electrons. The minimum absolute atomic E-state index is 0.178. The van der Waals surface area contributed by atoms with Crippen LogP contribution in [0.25, 0.3) is 0 Å². The average molecular weight is 341 g/mol. The van der Waals surface area contributed by atoms with E-state index in [2.05, 4.69) is 4.98 Å². The van der Waals surface area contributed by atoms with Crippen molar-refractivity contribution >= 4 is 17.5 Å². The molecule has 0 fully saturated rings. The van der Waals surface area contributed by atoms with Gasteiger partial charge >= 0.3 is 0 Å². The lowest BCUT2D eigenvalue weighted by molar-refractivity contribution is 0.0673. The number of rotatable bonds is 6. The van der Waals surface area contributed by atoms with Crippen molar-refractivity contribution in [3.05, 3.63) is 64.4 Å². The monoisotopic (exact) mass is 340 g/mol. The third-order valence-corrected chi connectivity index (χ3v) is 3.54. The maximum absolute atomic E-state index is 14.1. The first-order valence-corrected chi connectivity index (χ1v) is 7.24. The Kier molecular flexibility index (Phi) is 6.01. The van der Waals surface area contributed by atoms with Crippen LogP contribution >= 0.6 is 11.6 Å². The summed E-state index contributed by atoms with van der Waals surface area (Å²) in [6, 6.07) is 7.34. The van der Waals surface area contributed by atoms with Gasteiger partial charge in [0, 0.05) is 19.9 Å². The fourth-order valence-corrected chi connectivity index (χ4v) is 2.17. The number of methoxy groups -OCH3 is 1. The van der Waals surface area contributed by atoms with E-state index < -0.39 is 22.6 Å². The van der Waals surface area contributed by atoms with E-state index in [1.54, 1.807) is 24.4 Å². The van der Waals surface area contributed by atoms with E-state index >= 15 is 0 Å². The number of amides is 1. The lowest BCUT2D eigenvalue weighted by Crippen LogP contribution is -2.34. The summed E-state index contributed by atoms with van der Waals surface area (Å²) >= 11 is 5.54. The molecule has 0 aliphatic rings. The summed E-state index contributed by atoms with van der Waals surface area (Å²) in [6.45, 7) is 0.687. The van der Waals surface area contributed by atoms with Gasteiger partial charge in [0.25, 0.3) is 5.91 Å². The zero-order chi connectivity index (χ0) is 16.8. The summed E-state index contributed by atoms with van der Waals surface area (Å²) in [4.78, 5) is 18.1. The van der Waals surface area contributed by atoms with E-state index in [0.29, 0.717) is 5.69 Å². The van der Waals surface area contributed by atoms with Gasteiger partial charge in [-0.15, -0.1) is 0 Å². The first kappa shape index (κ1) is 17.3. The van der Waals surface area contributed by atoms with E-state index in [0.717, 1.165) is 12.1 Å². The Balaban J connectivity index is 2.28. The predicted octanol–water partition coefficient (Wildman–Crippen LogP) is 3.30. The maximum Gasteiger partial charge on any atom is 0.257 e. The van der Waals surface area contributed by atoms with Gasteiger partial charge in [-0.3, -0.25) is 9.78 Å². The second kappa shape index (κ2) is 7.99. The topological polar surface area (TPSA) is 42.4 Å². The van der Waals surface area contributed by atoms with Crippen molar-refractivity contribution in [1.82, 2.24) is 9.88 Å². The number of hydrogen-bond acceptors (Lipinski definition) is 3. The SMILES string of the molecule is COCCN(Cc1ccccn1)C(=O)c1ccc(F)c(Cl)c1F. The molecule has 0 unspecified atom stereocenters. The Morgan fingerprint density at radius 3 is 2.74 bits per heavy atom. The van der Waals surface area contributed by atoms with Gasteiger partial charge in [0.1, 0.15) is 10.8 Å². The minimum atomic E-state index is -1.07. The lowest BCUT2D eigenvalue weighted by atomic mass is 10.1. The molecule has 2 rings (SSSR count). The molecule has 1 heterocycles. The molecule has 0 saturated carbocycles. The summed E-state index contributed by atoms with van der Waals surface area (Å²) in [5, 5.41) is -0.694. The summed E-state index contributed by atoms with van der Waals surface area (Å²) in [7, 11) is 1.50. The third-order valence-electron chi connectivity index (χ3n) is 3.20. The summed E-state index contributed by atoms with van der Waals surface area (Å²) in [6.07, 6.45) is 1.60. The number of halogens is 3. The first-order chi connectivity index (χ1) is 11.0. The van der Waals surface area contributed by atoms with Gasteiger partial charge in [-0.1, -0.05) is 17.7 Å². The highest BCUT2D eigenvalue weighted by Crippen LogP contribution is 2.23. The summed E-state index contributed by atoms with van der Waals surface area (Å²) in [5.74, 6) is -2.58. The van der Waals surface area contributed by atoms with Gasteiger partial charge < -0.3 is 9.64 Å². The Hall–Kier alpha value is -2.05. The lowest BCUT2D eigenvalue weighted by Gasteiger charge is -2.22. The normalized spacial score (nSPS) is 10.6. The van der Waals surface area contributed by atoms with Gasteiger partial charge in [0.05, 0.1) is 24.4 Å². The highest BCUT2D eigenvalue weighted by atomic mass is 35.5. The van der Waals surface area contributed by atoms with E-state index in [1.165, 1.54) is 12.0 Å². The molecule has 4 nitrogen and oxygen atoms in total. The molecule has 0 aliphatic heterocycles. The molecule has 0 N–H and O–H groups in total. The molecule has 1 aromatic carbocycles. The van der Waals surface area contributed by atoms with Crippen LogP contribution in [0.1, 0.15) is 16.1 Å². The van der Waals surface area contributed by atoms with E-state index in [9.17, 15) is 13.6 Å². The first-order valence-electron chi connectivity index (χ1n) is 6.86. The Morgan fingerprint density at radius 1 is 1.30 bits per heavy atom. The predicted molar refractivity (Wildman–Crippen MR) is 82.2 cm³/mol. The molecule has 2 aromatic rings. The van der Waals surface area contributed by atoms with Crippen molar-refractivity contribution in [2.45, 2.75) is 6.54 Å². The minimum Gasteiger partial charge on any atom is -0.383 e. The Morgan fingerprint density at radius 2 is 2.09 bits per heavy atom. The molecule has 0 atom stereocenters. The molecule has 0 spiro atoms. The van der Waals surface area contributed by atoms with Crippen LogP contribution in [0.4, 0.5) is 8.78 Å².